The van der Waals surface area contributed by atoms with Crippen molar-refractivity contribution in [2.45, 2.75) is 18.9 Å². The van der Waals surface area contributed by atoms with E-state index in [0.29, 0.717) is 12.0 Å². The van der Waals surface area contributed by atoms with E-state index < -0.39 is 6.10 Å². The van der Waals surface area contributed by atoms with Crippen LogP contribution in [0.4, 0.5) is 0 Å². The Morgan fingerprint density at radius 2 is 2.31 bits per heavy atom. The van der Waals surface area contributed by atoms with Crippen LogP contribution in [0.25, 0.3) is 0 Å². The van der Waals surface area contributed by atoms with Crippen LogP contribution in [0.5, 0.6) is 5.75 Å². The zero-order valence-corrected chi connectivity index (χ0v) is 9.14. The SMILES string of the molecule is COc1cccc(CC2=CC(O)CC2=O)c1. The van der Waals surface area contributed by atoms with E-state index in [9.17, 15) is 9.90 Å². The van der Waals surface area contributed by atoms with Crippen LogP contribution in [-0.4, -0.2) is 24.1 Å². The van der Waals surface area contributed by atoms with Crippen molar-refractivity contribution in [1.29, 1.82) is 0 Å². The van der Waals surface area contributed by atoms with E-state index in [-0.39, 0.29) is 12.2 Å². The third-order valence-electron chi connectivity index (χ3n) is 2.67. The molecular weight excluding hydrogens is 204 g/mol. The quantitative estimate of drug-likeness (QED) is 0.836. The molecule has 1 aliphatic carbocycles. The zero-order chi connectivity index (χ0) is 11.5. The molecule has 1 unspecified atom stereocenters. The monoisotopic (exact) mass is 218 g/mol. The van der Waals surface area contributed by atoms with Crippen molar-refractivity contribution in [2.75, 3.05) is 7.11 Å². The average Bonchev–Trinajstić information content (AvgIpc) is 2.58. The summed E-state index contributed by atoms with van der Waals surface area (Å²) in [5, 5.41) is 9.33. The van der Waals surface area contributed by atoms with Crippen molar-refractivity contribution in [3.63, 3.8) is 0 Å². The van der Waals surface area contributed by atoms with Crippen LogP contribution in [-0.2, 0) is 11.2 Å². The lowest BCUT2D eigenvalue weighted by molar-refractivity contribution is -0.115. The topological polar surface area (TPSA) is 46.5 Å². The summed E-state index contributed by atoms with van der Waals surface area (Å²) in [5.74, 6) is 0.819. The highest BCUT2D eigenvalue weighted by Gasteiger charge is 2.21. The van der Waals surface area contributed by atoms with Crippen molar-refractivity contribution in [2.24, 2.45) is 0 Å². The van der Waals surface area contributed by atoms with Gasteiger partial charge in [-0.2, -0.15) is 0 Å². The minimum absolute atomic E-state index is 0.0373. The Bertz CT molecular complexity index is 435. The number of ketones is 1. The third kappa shape index (κ3) is 2.31. The predicted octanol–water partition coefficient (Wildman–Crippen LogP) is 1.50. The first kappa shape index (κ1) is 10.9. The molecule has 0 saturated heterocycles. The second-order valence-electron chi connectivity index (χ2n) is 3.91. The summed E-state index contributed by atoms with van der Waals surface area (Å²) in [6.45, 7) is 0. The molecular formula is C13H14O3. The predicted molar refractivity (Wildman–Crippen MR) is 60.4 cm³/mol. The van der Waals surface area contributed by atoms with Gasteiger partial charge < -0.3 is 9.84 Å². The number of carbonyl (C=O) groups is 1. The van der Waals surface area contributed by atoms with Gasteiger partial charge in [-0.05, 0) is 29.3 Å². The standard InChI is InChI=1S/C13H14O3/c1-16-12-4-2-3-9(6-12)5-10-7-11(14)8-13(10)15/h2-4,6-7,11,14H,5,8H2,1H3. The molecule has 0 aliphatic heterocycles. The molecule has 0 amide bonds. The van der Waals surface area contributed by atoms with E-state index in [1.54, 1.807) is 13.2 Å². The fourth-order valence-electron chi connectivity index (χ4n) is 1.86. The first-order valence-electron chi connectivity index (χ1n) is 5.24. The number of methoxy groups -OCH3 is 1. The lowest BCUT2D eigenvalue weighted by Gasteiger charge is -2.04. The summed E-state index contributed by atoms with van der Waals surface area (Å²) in [4.78, 5) is 11.5. The van der Waals surface area contributed by atoms with Gasteiger partial charge in [-0.15, -0.1) is 0 Å². The Balaban J connectivity index is 2.15. The molecule has 16 heavy (non-hydrogen) atoms. The molecule has 1 aromatic carbocycles. The Hall–Kier alpha value is -1.61. The van der Waals surface area contributed by atoms with E-state index >= 15 is 0 Å². The highest BCUT2D eigenvalue weighted by atomic mass is 16.5. The van der Waals surface area contributed by atoms with Crippen LogP contribution < -0.4 is 4.74 Å². The maximum absolute atomic E-state index is 11.5. The normalized spacial score (nSPS) is 19.8. The Kier molecular flexibility index (Phi) is 3.06. The summed E-state index contributed by atoms with van der Waals surface area (Å²) >= 11 is 0. The summed E-state index contributed by atoms with van der Waals surface area (Å²) < 4.78 is 5.11. The second kappa shape index (κ2) is 4.49. The van der Waals surface area contributed by atoms with Gasteiger partial charge in [-0.25, -0.2) is 0 Å². The maximum Gasteiger partial charge on any atom is 0.161 e. The number of carbonyl (C=O) groups excluding carboxylic acids is 1. The fourth-order valence-corrected chi connectivity index (χ4v) is 1.86. The largest absolute Gasteiger partial charge is 0.497 e. The Morgan fingerprint density at radius 1 is 1.50 bits per heavy atom. The molecule has 1 atom stereocenters. The van der Waals surface area contributed by atoms with Crippen LogP contribution >= 0.6 is 0 Å². The Morgan fingerprint density at radius 3 is 2.94 bits per heavy atom. The molecule has 3 nitrogen and oxygen atoms in total. The van der Waals surface area contributed by atoms with E-state index in [1.807, 2.05) is 24.3 Å². The molecule has 3 heteroatoms. The number of hydrogen-bond acceptors (Lipinski definition) is 3. The molecule has 0 saturated carbocycles. The van der Waals surface area contributed by atoms with Gasteiger partial charge in [0, 0.05) is 12.8 Å². The summed E-state index contributed by atoms with van der Waals surface area (Å²) in [6, 6.07) is 7.61. The van der Waals surface area contributed by atoms with Gasteiger partial charge in [-0.1, -0.05) is 12.1 Å². The van der Waals surface area contributed by atoms with Crippen LogP contribution in [0, 0.1) is 0 Å². The van der Waals surface area contributed by atoms with Crippen molar-refractivity contribution < 1.29 is 14.6 Å². The molecule has 1 aliphatic rings. The van der Waals surface area contributed by atoms with Crippen molar-refractivity contribution in [3.8, 4) is 5.75 Å². The van der Waals surface area contributed by atoms with Gasteiger partial charge in [0.15, 0.2) is 5.78 Å². The minimum atomic E-state index is -0.604. The number of aliphatic hydroxyl groups excluding tert-OH is 1. The molecule has 0 aromatic heterocycles. The van der Waals surface area contributed by atoms with Crippen molar-refractivity contribution in [1.82, 2.24) is 0 Å². The van der Waals surface area contributed by atoms with Gasteiger partial charge in [0.25, 0.3) is 0 Å². The van der Waals surface area contributed by atoms with Crippen LogP contribution in [0.1, 0.15) is 12.0 Å². The molecule has 0 bridgehead atoms. The van der Waals surface area contributed by atoms with Crippen LogP contribution in [0.2, 0.25) is 0 Å². The molecule has 0 fully saturated rings. The van der Waals surface area contributed by atoms with Gasteiger partial charge >= 0.3 is 0 Å². The van der Waals surface area contributed by atoms with Crippen LogP contribution in [0.15, 0.2) is 35.9 Å². The number of hydrogen-bond donors (Lipinski definition) is 1. The highest BCUT2D eigenvalue weighted by molar-refractivity contribution is 5.98. The minimum Gasteiger partial charge on any atom is -0.497 e. The van der Waals surface area contributed by atoms with E-state index in [0.717, 1.165) is 11.3 Å². The lowest BCUT2D eigenvalue weighted by atomic mass is 10.0. The first-order chi connectivity index (χ1) is 7.69. The number of Topliss-reactive ketones (excluding diaryl/α,β-unsaturated/α-hetero) is 1. The number of rotatable bonds is 3. The molecule has 84 valence electrons. The first-order valence-corrected chi connectivity index (χ1v) is 5.24. The van der Waals surface area contributed by atoms with Gasteiger partial charge in [-0.3, -0.25) is 4.79 Å². The van der Waals surface area contributed by atoms with Crippen LogP contribution in [0.3, 0.4) is 0 Å². The number of allylic oxidation sites excluding steroid dienone is 1. The third-order valence-corrected chi connectivity index (χ3v) is 2.67. The smallest absolute Gasteiger partial charge is 0.161 e. The molecule has 0 heterocycles. The lowest BCUT2D eigenvalue weighted by Crippen LogP contribution is -2.02. The summed E-state index contributed by atoms with van der Waals surface area (Å²) in [6.07, 6.45) is 1.82. The summed E-state index contributed by atoms with van der Waals surface area (Å²) in [7, 11) is 1.61. The Labute approximate surface area is 94.4 Å². The van der Waals surface area contributed by atoms with E-state index in [2.05, 4.69) is 0 Å². The van der Waals surface area contributed by atoms with E-state index in [1.165, 1.54) is 0 Å². The molecule has 1 N–H and O–H groups in total. The van der Waals surface area contributed by atoms with Gasteiger partial charge in [0.05, 0.1) is 13.2 Å². The average molecular weight is 218 g/mol. The fraction of sp³-hybridized carbons (Fsp3) is 0.308. The second-order valence-corrected chi connectivity index (χ2v) is 3.91. The maximum atomic E-state index is 11.5. The highest BCUT2D eigenvalue weighted by Crippen LogP contribution is 2.21. The van der Waals surface area contributed by atoms with Gasteiger partial charge in [0.1, 0.15) is 5.75 Å². The molecule has 2 rings (SSSR count). The molecule has 0 radical (unpaired) electrons. The number of ether oxygens (including phenoxy) is 1. The zero-order valence-electron chi connectivity index (χ0n) is 9.14. The van der Waals surface area contributed by atoms with Gasteiger partial charge in [0.2, 0.25) is 0 Å². The molecule has 1 aromatic rings. The number of benzene rings is 1. The summed E-state index contributed by atoms with van der Waals surface area (Å²) in [5.41, 5.74) is 1.72. The van der Waals surface area contributed by atoms with Crippen molar-refractivity contribution in [3.05, 3.63) is 41.5 Å². The van der Waals surface area contributed by atoms with Crippen molar-refractivity contribution >= 4 is 5.78 Å². The number of aliphatic hydroxyl groups is 1. The van der Waals surface area contributed by atoms with E-state index in [4.69, 9.17) is 4.74 Å². The molecule has 0 spiro atoms.